The van der Waals surface area contributed by atoms with Gasteiger partial charge in [-0.15, -0.1) is 10.2 Å². The first-order chi connectivity index (χ1) is 8.63. The Morgan fingerprint density at radius 1 is 1.33 bits per heavy atom. The van der Waals surface area contributed by atoms with Crippen LogP contribution in [0.1, 0.15) is 11.8 Å². The molecule has 0 fully saturated rings. The third kappa shape index (κ3) is 3.27. The second-order valence-electron chi connectivity index (χ2n) is 3.53. The summed E-state index contributed by atoms with van der Waals surface area (Å²) in [5.74, 6) is 0.398. The number of hydrogen-bond acceptors (Lipinski definition) is 4. The molecule has 0 spiro atoms. The summed E-state index contributed by atoms with van der Waals surface area (Å²) in [6, 6.07) is 5.02. The first kappa shape index (κ1) is 12.0. The summed E-state index contributed by atoms with van der Waals surface area (Å²) in [6.45, 7) is 1.79. The van der Waals surface area contributed by atoms with Gasteiger partial charge in [-0.05, 0) is 24.3 Å². The average molecular weight is 250 g/mol. The summed E-state index contributed by atoms with van der Waals surface area (Å²) in [7, 11) is 0. The van der Waals surface area contributed by atoms with E-state index in [4.69, 9.17) is 4.42 Å². The molecule has 0 saturated heterocycles. The summed E-state index contributed by atoms with van der Waals surface area (Å²) in [6.07, 6.45) is 0. The SMILES string of the molecule is Cc1nnc(CNC(=O)Nc2ccc(F)cc2)o1. The lowest BCUT2D eigenvalue weighted by atomic mass is 10.3. The van der Waals surface area contributed by atoms with Gasteiger partial charge in [0.2, 0.25) is 11.8 Å². The second-order valence-corrected chi connectivity index (χ2v) is 3.53. The van der Waals surface area contributed by atoms with Crippen LogP contribution in [-0.2, 0) is 6.54 Å². The fourth-order valence-electron chi connectivity index (χ4n) is 1.27. The van der Waals surface area contributed by atoms with Crippen LogP contribution >= 0.6 is 0 Å². The van der Waals surface area contributed by atoms with Gasteiger partial charge in [0.1, 0.15) is 5.82 Å². The van der Waals surface area contributed by atoms with Crippen molar-refractivity contribution in [3.8, 4) is 0 Å². The van der Waals surface area contributed by atoms with Gasteiger partial charge in [-0.3, -0.25) is 0 Å². The van der Waals surface area contributed by atoms with Gasteiger partial charge in [0, 0.05) is 12.6 Å². The van der Waals surface area contributed by atoms with E-state index >= 15 is 0 Å². The molecule has 1 aromatic heterocycles. The molecule has 0 bridgehead atoms. The molecule has 7 heteroatoms. The van der Waals surface area contributed by atoms with E-state index in [2.05, 4.69) is 20.8 Å². The Kier molecular flexibility index (Phi) is 3.52. The zero-order valence-corrected chi connectivity index (χ0v) is 9.61. The molecule has 1 heterocycles. The number of amides is 2. The van der Waals surface area contributed by atoms with Crippen LogP contribution in [0.4, 0.5) is 14.9 Å². The molecule has 2 rings (SSSR count). The van der Waals surface area contributed by atoms with Crippen molar-refractivity contribution in [1.29, 1.82) is 0 Å². The van der Waals surface area contributed by atoms with Crippen molar-refractivity contribution in [2.45, 2.75) is 13.5 Å². The van der Waals surface area contributed by atoms with Crippen molar-refractivity contribution in [2.75, 3.05) is 5.32 Å². The van der Waals surface area contributed by atoms with Crippen LogP contribution in [0, 0.1) is 12.7 Å². The molecule has 0 aliphatic heterocycles. The molecular weight excluding hydrogens is 239 g/mol. The minimum atomic E-state index is -0.433. The number of carbonyl (C=O) groups excluding carboxylic acids is 1. The topological polar surface area (TPSA) is 80.0 Å². The Hall–Kier alpha value is -2.44. The summed E-state index contributed by atoms with van der Waals surface area (Å²) in [5, 5.41) is 12.4. The number of aromatic nitrogens is 2. The molecule has 0 unspecified atom stereocenters. The maximum absolute atomic E-state index is 12.6. The van der Waals surface area contributed by atoms with Gasteiger partial charge in [-0.2, -0.15) is 0 Å². The van der Waals surface area contributed by atoms with Crippen molar-refractivity contribution in [2.24, 2.45) is 0 Å². The monoisotopic (exact) mass is 250 g/mol. The number of aryl methyl sites for hydroxylation is 1. The second kappa shape index (κ2) is 5.26. The van der Waals surface area contributed by atoms with E-state index in [0.29, 0.717) is 17.5 Å². The summed E-state index contributed by atoms with van der Waals surface area (Å²) in [4.78, 5) is 11.5. The van der Waals surface area contributed by atoms with E-state index in [0.717, 1.165) is 0 Å². The van der Waals surface area contributed by atoms with Crippen LogP contribution in [-0.4, -0.2) is 16.2 Å². The Labute approximate surface area is 102 Å². The molecule has 18 heavy (non-hydrogen) atoms. The lowest BCUT2D eigenvalue weighted by Gasteiger charge is -2.05. The summed E-state index contributed by atoms with van der Waals surface area (Å²) in [5.41, 5.74) is 0.496. The predicted molar refractivity (Wildman–Crippen MR) is 61.3 cm³/mol. The highest BCUT2D eigenvalue weighted by Gasteiger charge is 2.05. The van der Waals surface area contributed by atoms with Gasteiger partial charge in [0.05, 0.1) is 6.54 Å². The summed E-state index contributed by atoms with van der Waals surface area (Å²) < 4.78 is 17.7. The molecule has 0 atom stereocenters. The van der Waals surface area contributed by atoms with Crippen molar-refractivity contribution in [3.63, 3.8) is 0 Å². The molecule has 94 valence electrons. The lowest BCUT2D eigenvalue weighted by Crippen LogP contribution is -2.28. The third-order valence-corrected chi connectivity index (χ3v) is 2.07. The first-order valence-corrected chi connectivity index (χ1v) is 5.23. The Bertz CT molecular complexity index is 538. The van der Waals surface area contributed by atoms with E-state index < -0.39 is 6.03 Å². The molecular formula is C11H11FN4O2. The fraction of sp³-hybridized carbons (Fsp3) is 0.182. The van der Waals surface area contributed by atoms with Crippen molar-refractivity contribution >= 4 is 11.7 Å². The minimum absolute atomic E-state index is 0.133. The number of nitrogens with one attached hydrogen (secondary N) is 2. The van der Waals surface area contributed by atoms with Crippen molar-refractivity contribution < 1.29 is 13.6 Å². The molecule has 2 aromatic rings. The normalized spacial score (nSPS) is 10.1. The third-order valence-electron chi connectivity index (χ3n) is 2.07. The van der Waals surface area contributed by atoms with Crippen LogP contribution in [0.2, 0.25) is 0 Å². The van der Waals surface area contributed by atoms with E-state index in [9.17, 15) is 9.18 Å². The van der Waals surface area contributed by atoms with Crippen LogP contribution in [0.25, 0.3) is 0 Å². The molecule has 0 aliphatic rings. The van der Waals surface area contributed by atoms with Crippen molar-refractivity contribution in [1.82, 2.24) is 15.5 Å². The molecule has 0 aliphatic carbocycles. The van der Waals surface area contributed by atoms with Gasteiger partial charge in [0.15, 0.2) is 0 Å². The van der Waals surface area contributed by atoms with Crippen molar-refractivity contribution in [3.05, 3.63) is 41.9 Å². The van der Waals surface area contributed by atoms with Crippen LogP contribution < -0.4 is 10.6 Å². The summed E-state index contributed by atoms with van der Waals surface area (Å²) >= 11 is 0. The molecule has 1 aromatic carbocycles. The van der Waals surface area contributed by atoms with E-state index in [1.165, 1.54) is 24.3 Å². The van der Waals surface area contributed by atoms with E-state index in [-0.39, 0.29) is 12.4 Å². The number of halogens is 1. The molecule has 2 N–H and O–H groups in total. The average Bonchev–Trinajstić information content (AvgIpc) is 2.76. The van der Waals surface area contributed by atoms with Crippen LogP contribution in [0.3, 0.4) is 0 Å². The molecule has 6 nitrogen and oxygen atoms in total. The molecule has 0 radical (unpaired) electrons. The zero-order valence-electron chi connectivity index (χ0n) is 9.61. The predicted octanol–water partition coefficient (Wildman–Crippen LogP) is 1.84. The zero-order chi connectivity index (χ0) is 13.0. The highest BCUT2D eigenvalue weighted by atomic mass is 19.1. The Balaban J connectivity index is 1.83. The van der Waals surface area contributed by atoms with Gasteiger partial charge in [-0.1, -0.05) is 0 Å². The largest absolute Gasteiger partial charge is 0.424 e. The maximum atomic E-state index is 12.6. The fourth-order valence-corrected chi connectivity index (χ4v) is 1.27. The standard InChI is InChI=1S/C11H11FN4O2/c1-7-15-16-10(18-7)6-13-11(17)14-9-4-2-8(12)3-5-9/h2-5H,6H2,1H3,(H2,13,14,17). The minimum Gasteiger partial charge on any atom is -0.424 e. The number of rotatable bonds is 3. The number of urea groups is 1. The number of benzene rings is 1. The van der Waals surface area contributed by atoms with Gasteiger partial charge >= 0.3 is 6.03 Å². The molecule has 0 saturated carbocycles. The number of nitrogens with zero attached hydrogens (tertiary/aromatic N) is 2. The highest BCUT2D eigenvalue weighted by molar-refractivity contribution is 5.89. The van der Waals surface area contributed by atoms with Crippen LogP contribution in [0.15, 0.2) is 28.7 Å². The van der Waals surface area contributed by atoms with Crippen LogP contribution in [0.5, 0.6) is 0 Å². The number of carbonyl (C=O) groups is 1. The first-order valence-electron chi connectivity index (χ1n) is 5.23. The maximum Gasteiger partial charge on any atom is 0.319 e. The Morgan fingerprint density at radius 2 is 2.06 bits per heavy atom. The van der Waals surface area contributed by atoms with Gasteiger partial charge < -0.3 is 15.1 Å². The highest BCUT2D eigenvalue weighted by Crippen LogP contribution is 2.07. The van der Waals surface area contributed by atoms with Gasteiger partial charge in [0.25, 0.3) is 0 Å². The number of anilines is 1. The lowest BCUT2D eigenvalue weighted by molar-refractivity contribution is 0.250. The van der Waals surface area contributed by atoms with Gasteiger partial charge in [-0.25, -0.2) is 9.18 Å². The quantitative estimate of drug-likeness (QED) is 0.871. The molecule has 2 amide bonds. The van der Waals surface area contributed by atoms with E-state index in [1.54, 1.807) is 6.92 Å². The van der Waals surface area contributed by atoms with E-state index in [1.807, 2.05) is 0 Å². The Morgan fingerprint density at radius 3 is 2.67 bits per heavy atom. The number of hydrogen-bond donors (Lipinski definition) is 2. The smallest absolute Gasteiger partial charge is 0.319 e.